The van der Waals surface area contributed by atoms with Gasteiger partial charge in [-0.05, 0) is 48.9 Å². The second-order valence-electron chi connectivity index (χ2n) is 8.08. The quantitative estimate of drug-likeness (QED) is 0.529. The molecular weight excluding hydrogens is 442 g/mol. The molecule has 0 spiro atoms. The summed E-state index contributed by atoms with van der Waals surface area (Å²) in [5.74, 6) is -0.271. The highest BCUT2D eigenvalue weighted by Crippen LogP contribution is 2.23. The van der Waals surface area contributed by atoms with Gasteiger partial charge in [0.25, 0.3) is 0 Å². The fourth-order valence-corrected chi connectivity index (χ4v) is 4.63. The number of hydrogen-bond acceptors (Lipinski definition) is 5. The van der Waals surface area contributed by atoms with Crippen LogP contribution in [0.15, 0.2) is 76.2 Å². The summed E-state index contributed by atoms with van der Waals surface area (Å²) in [7, 11) is -3.72. The lowest BCUT2D eigenvalue weighted by Gasteiger charge is -2.17. The number of carbonyl (C=O) groups is 2. The van der Waals surface area contributed by atoms with Gasteiger partial charge < -0.3 is 14.6 Å². The highest BCUT2D eigenvalue weighted by molar-refractivity contribution is 7.89. The Morgan fingerprint density at radius 3 is 2.48 bits per heavy atom. The Labute approximate surface area is 192 Å². The first-order chi connectivity index (χ1) is 15.8. The van der Waals surface area contributed by atoms with Crippen LogP contribution in [0.25, 0.3) is 0 Å². The maximum atomic E-state index is 12.7. The largest absolute Gasteiger partial charge is 0.468 e. The van der Waals surface area contributed by atoms with Gasteiger partial charge in [0, 0.05) is 25.2 Å². The molecule has 33 heavy (non-hydrogen) atoms. The fourth-order valence-electron chi connectivity index (χ4n) is 3.64. The minimum absolute atomic E-state index is 0.0443. The van der Waals surface area contributed by atoms with E-state index in [9.17, 15) is 18.0 Å². The van der Waals surface area contributed by atoms with Crippen molar-refractivity contribution < 1.29 is 22.4 Å². The normalized spacial score (nSPS) is 16.2. The van der Waals surface area contributed by atoms with Crippen LogP contribution in [0.2, 0.25) is 0 Å². The number of carbonyl (C=O) groups excluding carboxylic acids is 2. The maximum Gasteiger partial charge on any atom is 0.240 e. The molecule has 172 valence electrons. The average molecular weight is 468 g/mol. The summed E-state index contributed by atoms with van der Waals surface area (Å²) < 4.78 is 32.4. The summed E-state index contributed by atoms with van der Waals surface area (Å²) in [6.45, 7) is 2.87. The van der Waals surface area contributed by atoms with Crippen LogP contribution in [-0.2, 0) is 32.7 Å². The molecule has 0 unspecified atom stereocenters. The van der Waals surface area contributed by atoms with Crippen LogP contribution >= 0.6 is 0 Å². The molecule has 3 aromatic rings. The SMILES string of the molecule is Cc1ccc(CN2C[C@@H](C(=O)Nc3ccc(S(=O)(=O)NCc4ccco4)cc3)CC2=O)cc1. The van der Waals surface area contributed by atoms with Gasteiger partial charge in [0.15, 0.2) is 0 Å². The molecule has 1 atom stereocenters. The predicted octanol–water partition coefficient (Wildman–Crippen LogP) is 3.05. The van der Waals surface area contributed by atoms with Crippen molar-refractivity contribution in [2.45, 2.75) is 31.3 Å². The van der Waals surface area contributed by atoms with Crippen LogP contribution in [-0.4, -0.2) is 31.7 Å². The Hall–Kier alpha value is -3.43. The Morgan fingerprint density at radius 1 is 1.09 bits per heavy atom. The minimum atomic E-state index is -3.72. The lowest BCUT2D eigenvalue weighted by Crippen LogP contribution is -2.28. The lowest BCUT2D eigenvalue weighted by molar-refractivity contribution is -0.128. The van der Waals surface area contributed by atoms with E-state index in [0.717, 1.165) is 11.1 Å². The van der Waals surface area contributed by atoms with E-state index in [4.69, 9.17) is 4.42 Å². The average Bonchev–Trinajstić information content (AvgIpc) is 3.44. The van der Waals surface area contributed by atoms with Crippen molar-refractivity contribution in [1.82, 2.24) is 9.62 Å². The molecule has 0 radical (unpaired) electrons. The third-order valence-electron chi connectivity index (χ3n) is 5.53. The molecule has 1 fully saturated rings. The first-order valence-electron chi connectivity index (χ1n) is 10.6. The second kappa shape index (κ2) is 9.60. The summed E-state index contributed by atoms with van der Waals surface area (Å²) >= 11 is 0. The topological polar surface area (TPSA) is 109 Å². The zero-order chi connectivity index (χ0) is 23.4. The van der Waals surface area contributed by atoms with Crippen LogP contribution in [0.5, 0.6) is 0 Å². The van der Waals surface area contributed by atoms with Crippen LogP contribution in [0.1, 0.15) is 23.3 Å². The van der Waals surface area contributed by atoms with Crippen LogP contribution in [0, 0.1) is 12.8 Å². The van der Waals surface area contributed by atoms with Crippen LogP contribution < -0.4 is 10.0 Å². The van der Waals surface area contributed by atoms with Gasteiger partial charge in [0.2, 0.25) is 21.8 Å². The number of nitrogens with one attached hydrogen (secondary N) is 2. The van der Waals surface area contributed by atoms with Gasteiger partial charge >= 0.3 is 0 Å². The van der Waals surface area contributed by atoms with E-state index >= 15 is 0 Å². The summed E-state index contributed by atoms with van der Waals surface area (Å²) in [6, 6.07) is 17.2. The molecule has 4 rings (SSSR count). The predicted molar refractivity (Wildman–Crippen MR) is 123 cm³/mol. The number of furan rings is 1. The zero-order valence-corrected chi connectivity index (χ0v) is 19.0. The molecule has 2 amide bonds. The van der Waals surface area contributed by atoms with Crippen molar-refractivity contribution in [2.24, 2.45) is 5.92 Å². The maximum absolute atomic E-state index is 12.7. The summed E-state index contributed by atoms with van der Waals surface area (Å²) in [4.78, 5) is 26.8. The molecule has 0 bridgehead atoms. The molecule has 1 aliphatic heterocycles. The lowest BCUT2D eigenvalue weighted by atomic mass is 10.1. The third kappa shape index (κ3) is 5.68. The number of hydrogen-bond donors (Lipinski definition) is 2. The highest BCUT2D eigenvalue weighted by Gasteiger charge is 2.34. The molecule has 0 saturated carbocycles. The van der Waals surface area contributed by atoms with Crippen molar-refractivity contribution in [1.29, 1.82) is 0 Å². The van der Waals surface area contributed by atoms with E-state index in [2.05, 4.69) is 10.0 Å². The Morgan fingerprint density at radius 2 is 1.82 bits per heavy atom. The Balaban J connectivity index is 1.32. The van der Waals surface area contributed by atoms with E-state index < -0.39 is 15.9 Å². The van der Waals surface area contributed by atoms with Gasteiger partial charge in [-0.1, -0.05) is 29.8 Å². The summed E-state index contributed by atoms with van der Waals surface area (Å²) in [5, 5.41) is 2.78. The monoisotopic (exact) mass is 467 g/mol. The Kier molecular flexibility index (Phi) is 6.62. The molecule has 2 heterocycles. The highest BCUT2D eigenvalue weighted by atomic mass is 32.2. The van der Waals surface area contributed by atoms with E-state index in [1.165, 1.54) is 30.5 Å². The summed E-state index contributed by atoms with van der Waals surface area (Å²) in [5.41, 5.74) is 2.64. The smallest absolute Gasteiger partial charge is 0.240 e. The van der Waals surface area contributed by atoms with Gasteiger partial charge in [0.1, 0.15) is 5.76 Å². The second-order valence-corrected chi connectivity index (χ2v) is 9.85. The number of benzene rings is 2. The van der Waals surface area contributed by atoms with Crippen molar-refractivity contribution >= 4 is 27.5 Å². The molecule has 1 aliphatic rings. The first kappa shape index (κ1) is 22.8. The van der Waals surface area contributed by atoms with Gasteiger partial charge in [0.05, 0.1) is 23.6 Å². The van der Waals surface area contributed by atoms with E-state index in [-0.39, 0.29) is 29.7 Å². The number of nitrogens with zero attached hydrogens (tertiary/aromatic N) is 1. The summed E-state index contributed by atoms with van der Waals surface area (Å²) in [6.07, 6.45) is 1.63. The minimum Gasteiger partial charge on any atom is -0.468 e. The number of sulfonamides is 1. The Bertz CT molecular complexity index is 1220. The number of amides is 2. The number of likely N-dealkylation sites (tertiary alicyclic amines) is 1. The molecule has 2 N–H and O–H groups in total. The molecule has 9 heteroatoms. The van der Waals surface area contributed by atoms with E-state index in [1.807, 2.05) is 31.2 Å². The van der Waals surface area contributed by atoms with Crippen LogP contribution in [0.3, 0.4) is 0 Å². The molecule has 8 nitrogen and oxygen atoms in total. The standard InChI is InChI=1S/C24H25N3O5S/c1-17-4-6-18(7-5-17)15-27-16-19(13-23(27)28)24(29)26-20-8-10-22(11-9-20)33(30,31)25-14-21-3-2-12-32-21/h2-12,19,25H,13-16H2,1H3,(H,26,29)/t19-/m0/s1. The van der Waals surface area contributed by atoms with Crippen LogP contribution in [0.4, 0.5) is 5.69 Å². The van der Waals surface area contributed by atoms with Gasteiger partial charge in [-0.3, -0.25) is 9.59 Å². The molecule has 0 aliphatic carbocycles. The van der Waals surface area contributed by atoms with Crippen molar-refractivity contribution in [3.8, 4) is 0 Å². The number of anilines is 1. The van der Waals surface area contributed by atoms with Crippen molar-refractivity contribution in [2.75, 3.05) is 11.9 Å². The van der Waals surface area contributed by atoms with Gasteiger partial charge in [-0.25, -0.2) is 13.1 Å². The van der Waals surface area contributed by atoms with E-state index in [1.54, 1.807) is 17.0 Å². The zero-order valence-electron chi connectivity index (χ0n) is 18.2. The molecule has 1 saturated heterocycles. The molecule has 2 aromatic carbocycles. The van der Waals surface area contributed by atoms with Gasteiger partial charge in [-0.2, -0.15) is 0 Å². The van der Waals surface area contributed by atoms with Gasteiger partial charge in [-0.15, -0.1) is 0 Å². The molecule has 1 aromatic heterocycles. The molecular formula is C24H25N3O5S. The fraction of sp³-hybridized carbons (Fsp3) is 0.250. The number of rotatable bonds is 8. The van der Waals surface area contributed by atoms with E-state index in [0.29, 0.717) is 24.5 Å². The van der Waals surface area contributed by atoms with Crippen molar-refractivity contribution in [3.63, 3.8) is 0 Å². The first-order valence-corrected chi connectivity index (χ1v) is 12.0. The van der Waals surface area contributed by atoms with Crippen molar-refractivity contribution in [3.05, 3.63) is 83.8 Å². The number of aryl methyl sites for hydroxylation is 1. The third-order valence-corrected chi connectivity index (χ3v) is 6.95.